The maximum Gasteiger partial charge on any atom is 0.128 e. The lowest BCUT2D eigenvalue weighted by molar-refractivity contribution is 0.325. The largest absolute Gasteiger partial charge is 0.329 e. The molecule has 3 aromatic rings. The first kappa shape index (κ1) is 17.9. The van der Waals surface area contributed by atoms with Crippen molar-refractivity contribution in [3.8, 4) is 22.6 Å². The van der Waals surface area contributed by atoms with Crippen molar-refractivity contribution in [1.29, 1.82) is 0 Å². The summed E-state index contributed by atoms with van der Waals surface area (Å²) in [4.78, 5) is 16.5. The highest BCUT2D eigenvalue weighted by Gasteiger charge is 2.17. The number of aryl methyl sites for hydroxylation is 2. The molecule has 0 radical (unpaired) electrons. The minimum Gasteiger partial charge on any atom is -0.329 e. The van der Waals surface area contributed by atoms with E-state index in [1.807, 2.05) is 24.7 Å². The van der Waals surface area contributed by atoms with E-state index in [9.17, 15) is 0 Å². The van der Waals surface area contributed by atoms with Gasteiger partial charge in [-0.1, -0.05) is 37.3 Å². The number of likely N-dealkylation sites (tertiary alicyclic amines) is 1. The van der Waals surface area contributed by atoms with E-state index in [1.54, 1.807) is 0 Å². The Labute approximate surface area is 161 Å². The summed E-state index contributed by atoms with van der Waals surface area (Å²) < 4.78 is 2.26. The number of hydrogen-bond acceptors (Lipinski definition) is 4. The number of hydrogen-bond donors (Lipinski definition) is 0. The van der Waals surface area contributed by atoms with E-state index in [2.05, 4.69) is 45.6 Å². The van der Waals surface area contributed by atoms with Gasteiger partial charge in [0.25, 0.3) is 0 Å². The molecule has 4 rings (SSSR count). The zero-order chi connectivity index (χ0) is 18.5. The first-order chi connectivity index (χ1) is 13.3. The van der Waals surface area contributed by atoms with Crippen LogP contribution in [-0.2, 0) is 13.0 Å². The molecule has 5 heteroatoms. The second kappa shape index (κ2) is 8.44. The molecule has 1 saturated heterocycles. The molecule has 1 fully saturated rings. The van der Waals surface area contributed by atoms with Crippen molar-refractivity contribution in [3.63, 3.8) is 0 Å². The molecule has 0 saturated carbocycles. The van der Waals surface area contributed by atoms with Gasteiger partial charge in [-0.3, -0.25) is 0 Å². The molecule has 140 valence electrons. The second-order valence-electron chi connectivity index (χ2n) is 7.12. The topological polar surface area (TPSA) is 46.8 Å². The molecule has 0 aliphatic carbocycles. The van der Waals surface area contributed by atoms with Gasteiger partial charge in [0.1, 0.15) is 5.82 Å². The molecule has 5 nitrogen and oxygen atoms in total. The number of imidazole rings is 1. The molecule has 2 aromatic heterocycles. The number of benzene rings is 1. The minimum absolute atomic E-state index is 0.831. The summed E-state index contributed by atoms with van der Waals surface area (Å²) in [6.45, 7) is 6.69. The highest BCUT2D eigenvalue weighted by molar-refractivity contribution is 5.76. The predicted molar refractivity (Wildman–Crippen MR) is 108 cm³/mol. The Morgan fingerprint density at radius 1 is 0.963 bits per heavy atom. The van der Waals surface area contributed by atoms with E-state index in [0.717, 1.165) is 54.4 Å². The zero-order valence-electron chi connectivity index (χ0n) is 16.0. The van der Waals surface area contributed by atoms with E-state index in [1.165, 1.54) is 25.9 Å². The number of nitrogens with zero attached hydrogens (tertiary/aromatic N) is 5. The van der Waals surface area contributed by atoms with Gasteiger partial charge in [0.15, 0.2) is 0 Å². The van der Waals surface area contributed by atoms with Gasteiger partial charge < -0.3 is 9.47 Å². The van der Waals surface area contributed by atoms with Gasteiger partial charge in [-0.15, -0.1) is 0 Å². The summed E-state index contributed by atoms with van der Waals surface area (Å²) in [7, 11) is 0. The molecular weight excluding hydrogens is 334 g/mol. The Bertz CT molecular complexity index is 865. The standard InChI is InChI=1S/C22H27N5/c1-2-20-23-12-11-19(25-20)22-21(18-9-4-3-5-10-18)24-17-27(22)16-8-15-26-13-6-7-14-26/h3-5,9-12,17H,2,6-8,13-16H2,1H3. The summed E-state index contributed by atoms with van der Waals surface area (Å²) >= 11 is 0. The van der Waals surface area contributed by atoms with E-state index in [-0.39, 0.29) is 0 Å². The Kier molecular flexibility index (Phi) is 5.58. The maximum atomic E-state index is 4.78. The van der Waals surface area contributed by atoms with E-state index in [0.29, 0.717) is 0 Å². The van der Waals surface area contributed by atoms with Crippen molar-refractivity contribution >= 4 is 0 Å². The molecule has 0 bridgehead atoms. The Balaban J connectivity index is 1.65. The molecule has 0 amide bonds. The zero-order valence-corrected chi connectivity index (χ0v) is 16.0. The first-order valence-corrected chi connectivity index (χ1v) is 10.0. The molecular formula is C22H27N5. The smallest absolute Gasteiger partial charge is 0.128 e. The van der Waals surface area contributed by atoms with Crippen LogP contribution in [0.25, 0.3) is 22.6 Å². The van der Waals surface area contributed by atoms with Crippen LogP contribution in [0.5, 0.6) is 0 Å². The van der Waals surface area contributed by atoms with Crippen LogP contribution in [0.15, 0.2) is 48.9 Å². The fraction of sp³-hybridized carbons (Fsp3) is 0.409. The van der Waals surface area contributed by atoms with Gasteiger partial charge in [-0.05, 0) is 45.0 Å². The van der Waals surface area contributed by atoms with Gasteiger partial charge in [0.2, 0.25) is 0 Å². The van der Waals surface area contributed by atoms with Crippen LogP contribution in [0.3, 0.4) is 0 Å². The van der Waals surface area contributed by atoms with Crippen molar-refractivity contribution in [3.05, 3.63) is 54.7 Å². The van der Waals surface area contributed by atoms with Gasteiger partial charge in [-0.2, -0.15) is 0 Å². The predicted octanol–water partition coefficient (Wildman–Crippen LogP) is 4.06. The summed E-state index contributed by atoms with van der Waals surface area (Å²) in [5.74, 6) is 0.872. The summed E-state index contributed by atoms with van der Waals surface area (Å²) in [6.07, 6.45) is 8.47. The summed E-state index contributed by atoms with van der Waals surface area (Å²) in [6, 6.07) is 12.4. The van der Waals surface area contributed by atoms with Crippen molar-refractivity contribution < 1.29 is 0 Å². The Hall–Kier alpha value is -2.53. The molecule has 1 aliphatic rings. The number of rotatable bonds is 7. The summed E-state index contributed by atoms with van der Waals surface area (Å²) in [5.41, 5.74) is 4.18. The van der Waals surface area contributed by atoms with E-state index in [4.69, 9.17) is 9.97 Å². The van der Waals surface area contributed by atoms with E-state index >= 15 is 0 Å². The third-order valence-corrected chi connectivity index (χ3v) is 5.22. The third kappa shape index (κ3) is 4.08. The third-order valence-electron chi connectivity index (χ3n) is 5.22. The van der Waals surface area contributed by atoms with Crippen LogP contribution in [0.1, 0.15) is 32.0 Å². The van der Waals surface area contributed by atoms with Gasteiger partial charge in [0, 0.05) is 24.7 Å². The summed E-state index contributed by atoms with van der Waals surface area (Å²) in [5, 5.41) is 0. The van der Waals surface area contributed by atoms with Crippen molar-refractivity contribution in [2.24, 2.45) is 0 Å². The van der Waals surface area contributed by atoms with Crippen molar-refractivity contribution in [2.45, 2.75) is 39.2 Å². The monoisotopic (exact) mass is 361 g/mol. The van der Waals surface area contributed by atoms with Crippen molar-refractivity contribution in [2.75, 3.05) is 19.6 Å². The van der Waals surface area contributed by atoms with E-state index < -0.39 is 0 Å². The van der Waals surface area contributed by atoms with Crippen LogP contribution < -0.4 is 0 Å². The SMILES string of the molecule is CCc1nccc(-c2c(-c3ccccc3)ncn2CCCN2CCCC2)n1. The van der Waals surface area contributed by atoms with Crippen LogP contribution in [0.4, 0.5) is 0 Å². The second-order valence-corrected chi connectivity index (χ2v) is 7.12. The lowest BCUT2D eigenvalue weighted by Crippen LogP contribution is -2.21. The quantitative estimate of drug-likeness (QED) is 0.637. The lowest BCUT2D eigenvalue weighted by Gasteiger charge is -2.15. The molecule has 0 unspecified atom stereocenters. The number of aromatic nitrogens is 4. The van der Waals surface area contributed by atoms with Crippen LogP contribution in [0.2, 0.25) is 0 Å². The maximum absolute atomic E-state index is 4.78. The lowest BCUT2D eigenvalue weighted by atomic mass is 10.1. The van der Waals surface area contributed by atoms with Crippen molar-refractivity contribution in [1.82, 2.24) is 24.4 Å². The van der Waals surface area contributed by atoms with Gasteiger partial charge in [0.05, 0.1) is 23.4 Å². The Morgan fingerprint density at radius 3 is 2.56 bits per heavy atom. The normalized spacial score (nSPS) is 14.7. The molecule has 0 atom stereocenters. The fourth-order valence-electron chi connectivity index (χ4n) is 3.80. The minimum atomic E-state index is 0.831. The molecule has 0 spiro atoms. The first-order valence-electron chi connectivity index (χ1n) is 10.0. The molecule has 1 aliphatic heterocycles. The fourth-order valence-corrected chi connectivity index (χ4v) is 3.80. The van der Waals surface area contributed by atoms with Crippen LogP contribution in [-0.4, -0.2) is 44.1 Å². The van der Waals surface area contributed by atoms with Gasteiger partial charge in [-0.25, -0.2) is 15.0 Å². The highest BCUT2D eigenvalue weighted by Crippen LogP contribution is 2.30. The average molecular weight is 361 g/mol. The molecule has 27 heavy (non-hydrogen) atoms. The Morgan fingerprint density at radius 2 is 1.78 bits per heavy atom. The average Bonchev–Trinajstić information content (AvgIpc) is 3.39. The molecule has 3 heterocycles. The molecule has 0 N–H and O–H groups in total. The van der Waals surface area contributed by atoms with Gasteiger partial charge >= 0.3 is 0 Å². The van der Waals surface area contributed by atoms with Crippen LogP contribution >= 0.6 is 0 Å². The van der Waals surface area contributed by atoms with Crippen LogP contribution in [0, 0.1) is 0 Å². The highest BCUT2D eigenvalue weighted by atomic mass is 15.1. The molecule has 1 aromatic carbocycles.